The Morgan fingerprint density at radius 2 is 1.91 bits per heavy atom. The van der Waals surface area contributed by atoms with Gasteiger partial charge in [-0.1, -0.05) is 17.7 Å². The Bertz CT molecular complexity index is 1240. The van der Waals surface area contributed by atoms with Gasteiger partial charge in [-0.3, -0.25) is 9.62 Å². The fourth-order valence-corrected chi connectivity index (χ4v) is 6.49. The Hall–Kier alpha value is -2.08. The van der Waals surface area contributed by atoms with Crippen molar-refractivity contribution in [2.45, 2.75) is 29.8 Å². The highest BCUT2D eigenvalue weighted by atomic mass is 35.5. The number of pyridine rings is 1. The largest absolute Gasteiger partial charge is 0.375 e. The second kappa shape index (κ2) is 8.25. The summed E-state index contributed by atoms with van der Waals surface area (Å²) in [4.78, 5) is 6.16. The van der Waals surface area contributed by atoms with Crippen molar-refractivity contribution in [3.8, 4) is 0 Å². The number of nitrogens with one attached hydrogen (secondary N) is 1. The number of methoxy groups -OCH3 is 1. The molecule has 3 fully saturated rings. The number of aromatic nitrogens is 1. The van der Waals surface area contributed by atoms with Gasteiger partial charge in [0, 0.05) is 45.9 Å². The van der Waals surface area contributed by atoms with Gasteiger partial charge in [-0.25, -0.2) is 22.2 Å². The van der Waals surface area contributed by atoms with Crippen molar-refractivity contribution in [3.63, 3.8) is 0 Å². The minimum absolute atomic E-state index is 0.0562. The first-order chi connectivity index (χ1) is 16.1. The summed E-state index contributed by atoms with van der Waals surface area (Å²) >= 11 is 6.21. The van der Waals surface area contributed by atoms with Gasteiger partial charge in [-0.2, -0.15) is 4.39 Å². The van der Waals surface area contributed by atoms with Gasteiger partial charge >= 0.3 is 0 Å². The quantitative estimate of drug-likeness (QED) is 0.447. The molecule has 2 saturated heterocycles. The molecule has 2 aromatic rings. The van der Waals surface area contributed by atoms with Gasteiger partial charge in [0.1, 0.15) is 16.7 Å². The van der Waals surface area contributed by atoms with Crippen LogP contribution in [0.15, 0.2) is 29.2 Å². The minimum atomic E-state index is -4.76. The zero-order chi connectivity index (χ0) is 24.3. The third-order valence-corrected chi connectivity index (χ3v) is 8.75. The third-order valence-electron chi connectivity index (χ3n) is 7.00. The lowest BCUT2D eigenvalue weighted by Crippen LogP contribution is -2.56. The van der Waals surface area contributed by atoms with Crippen molar-refractivity contribution in [3.05, 3.63) is 46.9 Å². The molecule has 5 rings (SSSR count). The van der Waals surface area contributed by atoms with E-state index in [0.717, 1.165) is 31.3 Å². The molecular formula is C22H24ClF3N4O3S. The second-order valence-electron chi connectivity index (χ2n) is 9.49. The smallest absolute Gasteiger partial charge is 0.268 e. The first-order valence-electron chi connectivity index (χ1n) is 10.9. The van der Waals surface area contributed by atoms with Crippen LogP contribution < -0.4 is 9.62 Å². The third kappa shape index (κ3) is 4.23. The number of sulfonamides is 1. The summed E-state index contributed by atoms with van der Waals surface area (Å²) in [6, 6.07) is 4.29. The number of anilines is 2. The van der Waals surface area contributed by atoms with Crippen molar-refractivity contribution < 1.29 is 26.3 Å². The zero-order valence-electron chi connectivity index (χ0n) is 18.5. The van der Waals surface area contributed by atoms with Crippen LogP contribution in [-0.2, 0) is 14.8 Å². The summed E-state index contributed by atoms with van der Waals surface area (Å²) in [5.74, 6) is -4.10. The van der Waals surface area contributed by atoms with Crippen molar-refractivity contribution >= 4 is 33.1 Å². The Labute approximate surface area is 200 Å². The Balaban J connectivity index is 1.37. The monoisotopic (exact) mass is 516 g/mol. The highest BCUT2D eigenvalue weighted by Crippen LogP contribution is 2.53. The summed E-state index contributed by atoms with van der Waals surface area (Å²) in [6.07, 6.45) is 3.17. The molecule has 7 nitrogen and oxygen atoms in total. The van der Waals surface area contributed by atoms with Gasteiger partial charge in [0.05, 0.1) is 11.3 Å². The van der Waals surface area contributed by atoms with Crippen molar-refractivity contribution in [2.75, 3.05) is 49.5 Å². The van der Waals surface area contributed by atoms with Crippen LogP contribution in [-0.4, -0.2) is 63.7 Å². The molecule has 1 N–H and O–H groups in total. The first kappa shape index (κ1) is 23.7. The number of nitrogens with zero attached hydrogens (tertiary/aromatic N) is 3. The maximum atomic E-state index is 15.1. The molecule has 12 heteroatoms. The predicted octanol–water partition coefficient (Wildman–Crippen LogP) is 3.64. The lowest BCUT2D eigenvalue weighted by Gasteiger charge is -2.44. The van der Waals surface area contributed by atoms with E-state index in [1.165, 1.54) is 18.9 Å². The second-order valence-corrected chi connectivity index (χ2v) is 11.5. The molecule has 1 atom stereocenters. The van der Waals surface area contributed by atoms with Crippen molar-refractivity contribution in [2.24, 2.45) is 5.41 Å². The van der Waals surface area contributed by atoms with E-state index in [0.29, 0.717) is 31.5 Å². The average Bonchev–Trinajstić information content (AvgIpc) is 3.42. The van der Waals surface area contributed by atoms with Crippen LogP contribution in [0.5, 0.6) is 0 Å². The van der Waals surface area contributed by atoms with Gasteiger partial charge in [-0.05, 0) is 36.8 Å². The lowest BCUT2D eigenvalue weighted by atomic mass is 9.93. The van der Waals surface area contributed by atoms with E-state index in [-0.39, 0.29) is 5.69 Å². The number of ether oxygens (including phenoxy) is 1. The molecule has 0 unspecified atom stereocenters. The molecule has 1 aromatic heterocycles. The summed E-state index contributed by atoms with van der Waals surface area (Å²) in [6.45, 7) is 3.61. The van der Waals surface area contributed by atoms with Crippen molar-refractivity contribution in [1.29, 1.82) is 0 Å². The van der Waals surface area contributed by atoms with E-state index >= 15 is 4.39 Å². The summed E-state index contributed by atoms with van der Waals surface area (Å²) < 4.78 is 76.5. The molecule has 2 aliphatic heterocycles. The number of hydrogen-bond acceptors (Lipinski definition) is 6. The highest BCUT2D eigenvalue weighted by molar-refractivity contribution is 7.92. The van der Waals surface area contributed by atoms with Gasteiger partial charge in [0.25, 0.3) is 10.0 Å². The highest BCUT2D eigenvalue weighted by Gasteiger charge is 2.54. The zero-order valence-corrected chi connectivity index (χ0v) is 20.0. The van der Waals surface area contributed by atoms with E-state index in [1.807, 2.05) is 4.72 Å². The Morgan fingerprint density at radius 3 is 2.56 bits per heavy atom. The van der Waals surface area contributed by atoms with Crippen LogP contribution in [0.3, 0.4) is 0 Å². The molecule has 184 valence electrons. The molecule has 1 spiro atoms. The Kier molecular flexibility index (Phi) is 5.74. The van der Waals surface area contributed by atoms with Crippen LogP contribution in [0.1, 0.15) is 19.3 Å². The van der Waals surface area contributed by atoms with Gasteiger partial charge < -0.3 is 9.64 Å². The molecule has 3 aliphatic rings. The Morgan fingerprint density at radius 1 is 1.18 bits per heavy atom. The summed E-state index contributed by atoms with van der Waals surface area (Å²) in [7, 11) is -3.14. The maximum Gasteiger partial charge on any atom is 0.268 e. The number of rotatable bonds is 7. The van der Waals surface area contributed by atoms with E-state index < -0.39 is 48.9 Å². The van der Waals surface area contributed by atoms with E-state index in [9.17, 15) is 17.2 Å². The van der Waals surface area contributed by atoms with Crippen LogP contribution >= 0.6 is 11.6 Å². The molecule has 34 heavy (non-hydrogen) atoms. The van der Waals surface area contributed by atoms with E-state index in [1.54, 1.807) is 12.0 Å². The van der Waals surface area contributed by atoms with Gasteiger partial charge in [-0.15, -0.1) is 0 Å². The lowest BCUT2D eigenvalue weighted by molar-refractivity contribution is -0.0514. The number of benzene rings is 1. The van der Waals surface area contributed by atoms with E-state index in [4.69, 9.17) is 16.3 Å². The standard InChI is InChI=1S/C22H24ClF3N4O3S/c1-33-22(12-29-10-21(11-29)5-6-21)7-8-30(13-22)15-9-14(24)20(19(26)18(15)23)34(31,32)28-17-4-2-3-16(25)27-17/h2-4,9H,5-8,10-13H2,1H3,(H,27,28)/t22-/m1/s1. The normalized spacial score (nSPS) is 23.9. The fraction of sp³-hybridized carbons (Fsp3) is 0.500. The molecule has 0 radical (unpaired) electrons. The van der Waals surface area contributed by atoms with Crippen LogP contribution in [0, 0.1) is 23.0 Å². The molecule has 1 aliphatic carbocycles. The number of hydrogen-bond donors (Lipinski definition) is 1. The van der Waals surface area contributed by atoms with Gasteiger partial charge in [0.15, 0.2) is 10.7 Å². The van der Waals surface area contributed by atoms with Crippen LogP contribution in [0.25, 0.3) is 0 Å². The molecule has 1 saturated carbocycles. The molecule has 0 bridgehead atoms. The maximum absolute atomic E-state index is 15.1. The molecule has 3 heterocycles. The molecule has 1 aromatic carbocycles. The van der Waals surface area contributed by atoms with Gasteiger partial charge in [0.2, 0.25) is 5.95 Å². The molecular weight excluding hydrogens is 493 g/mol. The topological polar surface area (TPSA) is 74.8 Å². The minimum Gasteiger partial charge on any atom is -0.375 e. The molecule has 0 amide bonds. The summed E-state index contributed by atoms with van der Waals surface area (Å²) in [5.41, 5.74) is 0.0436. The van der Waals surface area contributed by atoms with E-state index in [2.05, 4.69) is 9.88 Å². The SMILES string of the molecule is CO[C@@]1(CN2CC3(CC3)C2)CCN(c2cc(F)c(S(=O)(=O)Nc3cccc(F)n3)c(F)c2Cl)C1. The predicted molar refractivity (Wildman–Crippen MR) is 121 cm³/mol. The van der Waals surface area contributed by atoms with Crippen LogP contribution in [0.4, 0.5) is 24.7 Å². The number of likely N-dealkylation sites (tertiary alicyclic amines) is 1. The fourth-order valence-electron chi connectivity index (χ4n) is 5.02. The first-order valence-corrected chi connectivity index (χ1v) is 12.8. The van der Waals surface area contributed by atoms with Crippen molar-refractivity contribution in [1.82, 2.24) is 9.88 Å². The number of halogens is 4. The van der Waals surface area contributed by atoms with Crippen LogP contribution in [0.2, 0.25) is 5.02 Å². The average molecular weight is 517 g/mol. The summed E-state index contributed by atoms with van der Waals surface area (Å²) in [5, 5.41) is -0.512.